The fraction of sp³-hybridized carbons (Fsp3) is 0.529. The van der Waals surface area contributed by atoms with E-state index in [0.717, 1.165) is 30.5 Å². The molecule has 0 aromatic heterocycles. The Morgan fingerprint density at radius 1 is 1.25 bits per heavy atom. The maximum atomic E-state index is 11.8. The van der Waals surface area contributed by atoms with Crippen LogP contribution in [0.25, 0.3) is 0 Å². The van der Waals surface area contributed by atoms with E-state index in [9.17, 15) is 14.7 Å². The van der Waals surface area contributed by atoms with Crippen molar-refractivity contribution in [3.8, 4) is 0 Å². The highest BCUT2D eigenvalue weighted by molar-refractivity contribution is 5.89. The fourth-order valence-electron chi connectivity index (χ4n) is 3.15. The van der Waals surface area contributed by atoms with Gasteiger partial charge in [0.2, 0.25) is 0 Å². The van der Waals surface area contributed by atoms with Crippen LogP contribution in [0.4, 0.5) is 15.3 Å². The first-order valence-corrected chi connectivity index (χ1v) is 8.36. The van der Waals surface area contributed by atoms with Crippen LogP contribution >= 0.6 is 0 Å². The number of nitrogens with zero attached hydrogens (tertiary/aromatic N) is 1. The summed E-state index contributed by atoms with van der Waals surface area (Å²) in [6.07, 6.45) is 2.18. The maximum absolute atomic E-state index is 11.8. The van der Waals surface area contributed by atoms with Crippen molar-refractivity contribution in [3.63, 3.8) is 0 Å². The van der Waals surface area contributed by atoms with Gasteiger partial charge in [-0.05, 0) is 30.5 Å². The average molecular weight is 333 g/mol. The molecule has 3 N–H and O–H groups in total. The van der Waals surface area contributed by atoms with Gasteiger partial charge in [-0.3, -0.25) is 4.90 Å². The lowest BCUT2D eigenvalue weighted by atomic mass is 10.1. The molecule has 1 aromatic carbocycles. The van der Waals surface area contributed by atoms with E-state index in [4.69, 9.17) is 4.74 Å². The van der Waals surface area contributed by atoms with Crippen LogP contribution in [0, 0.1) is 5.92 Å². The lowest BCUT2D eigenvalue weighted by molar-refractivity contribution is 0.132. The van der Waals surface area contributed by atoms with E-state index in [-0.39, 0.29) is 24.1 Å². The summed E-state index contributed by atoms with van der Waals surface area (Å²) in [5.74, 6) is 0.162. The Morgan fingerprint density at radius 2 is 2.04 bits per heavy atom. The smallest absolute Gasteiger partial charge is 0.414 e. The summed E-state index contributed by atoms with van der Waals surface area (Å²) in [5.41, 5.74) is 1.74. The molecular weight excluding hydrogens is 310 g/mol. The van der Waals surface area contributed by atoms with E-state index >= 15 is 0 Å². The number of benzene rings is 1. The van der Waals surface area contributed by atoms with E-state index < -0.39 is 0 Å². The molecule has 2 fully saturated rings. The summed E-state index contributed by atoms with van der Waals surface area (Å²) in [6.45, 7) is 1.89. The summed E-state index contributed by atoms with van der Waals surface area (Å²) in [6, 6.07) is 7.21. The Kier molecular flexibility index (Phi) is 5.20. The van der Waals surface area contributed by atoms with Crippen molar-refractivity contribution >= 4 is 17.8 Å². The zero-order valence-corrected chi connectivity index (χ0v) is 13.5. The zero-order chi connectivity index (χ0) is 16.9. The van der Waals surface area contributed by atoms with Crippen LogP contribution < -0.4 is 15.5 Å². The predicted molar refractivity (Wildman–Crippen MR) is 88.7 cm³/mol. The molecule has 3 amide bonds. The third-order valence-corrected chi connectivity index (χ3v) is 4.61. The number of nitrogens with one attached hydrogen (secondary N) is 2. The molecule has 0 bridgehead atoms. The molecule has 24 heavy (non-hydrogen) atoms. The molecule has 0 spiro atoms. The third kappa shape index (κ3) is 3.97. The Labute approximate surface area is 141 Å². The lowest BCUT2D eigenvalue weighted by Gasteiger charge is -2.16. The molecule has 7 nitrogen and oxygen atoms in total. The van der Waals surface area contributed by atoms with E-state index in [1.165, 1.54) is 0 Å². The maximum Gasteiger partial charge on any atom is 0.414 e. The molecular formula is C17H23N3O4. The number of carbonyl (C=O) groups is 2. The predicted octanol–water partition coefficient (Wildman–Crippen LogP) is 1.60. The van der Waals surface area contributed by atoms with Crippen molar-refractivity contribution < 1.29 is 19.4 Å². The van der Waals surface area contributed by atoms with Gasteiger partial charge < -0.3 is 20.5 Å². The zero-order valence-electron chi connectivity index (χ0n) is 13.5. The van der Waals surface area contributed by atoms with Crippen molar-refractivity contribution in [2.45, 2.75) is 31.9 Å². The molecule has 1 heterocycles. The van der Waals surface area contributed by atoms with Crippen molar-refractivity contribution in [3.05, 3.63) is 29.8 Å². The van der Waals surface area contributed by atoms with Gasteiger partial charge in [-0.25, -0.2) is 9.59 Å². The summed E-state index contributed by atoms with van der Waals surface area (Å²) < 4.78 is 4.91. The number of urea groups is 1. The molecule has 1 aromatic rings. The number of aliphatic hydroxyl groups excluding tert-OH is 1. The Bertz CT molecular complexity index is 590. The quantitative estimate of drug-likeness (QED) is 0.763. The molecule has 1 aliphatic carbocycles. The first kappa shape index (κ1) is 16.6. The number of aliphatic hydroxyl groups is 1. The van der Waals surface area contributed by atoms with Crippen LogP contribution in [0.15, 0.2) is 24.3 Å². The number of carbonyl (C=O) groups excluding carboxylic acids is 2. The van der Waals surface area contributed by atoms with Gasteiger partial charge in [-0.2, -0.15) is 0 Å². The second kappa shape index (κ2) is 7.53. The molecule has 0 radical (unpaired) electrons. The minimum atomic E-state index is -0.325. The summed E-state index contributed by atoms with van der Waals surface area (Å²) in [5, 5.41) is 15.3. The Hall–Kier alpha value is -2.28. The van der Waals surface area contributed by atoms with Gasteiger partial charge in [0.05, 0.1) is 12.6 Å². The van der Waals surface area contributed by atoms with E-state index in [1.54, 1.807) is 4.90 Å². The largest absolute Gasteiger partial charge is 0.447 e. The van der Waals surface area contributed by atoms with E-state index in [1.807, 2.05) is 24.3 Å². The highest BCUT2D eigenvalue weighted by atomic mass is 16.6. The summed E-state index contributed by atoms with van der Waals surface area (Å²) in [7, 11) is 0. The Balaban J connectivity index is 1.42. The van der Waals surface area contributed by atoms with Gasteiger partial charge in [0.15, 0.2) is 0 Å². The third-order valence-electron chi connectivity index (χ3n) is 4.61. The molecule has 1 aliphatic heterocycles. The standard InChI is InChI=1S/C17H23N3O4/c21-15-3-1-2-13(15)11-19-16(22)18-10-12-4-6-14(7-5-12)20-8-9-24-17(20)23/h4-7,13,15,21H,1-3,8-11H2,(H2,18,19,22)/t13-,15+/m1/s1. The second-order valence-electron chi connectivity index (χ2n) is 6.25. The number of cyclic esters (lactones) is 1. The SMILES string of the molecule is O=C(NCc1ccc(N2CCOC2=O)cc1)NC[C@H]1CCC[C@@H]1O. The van der Waals surface area contributed by atoms with Crippen LogP contribution in [0.2, 0.25) is 0 Å². The molecule has 7 heteroatoms. The first-order chi connectivity index (χ1) is 11.6. The van der Waals surface area contributed by atoms with Crippen LogP contribution in [0.3, 0.4) is 0 Å². The van der Waals surface area contributed by atoms with Gasteiger partial charge in [0, 0.05) is 24.7 Å². The first-order valence-electron chi connectivity index (χ1n) is 8.36. The number of rotatable bonds is 5. The number of ether oxygens (including phenoxy) is 1. The lowest BCUT2D eigenvalue weighted by Crippen LogP contribution is -2.39. The van der Waals surface area contributed by atoms with Crippen molar-refractivity contribution in [1.82, 2.24) is 10.6 Å². The van der Waals surface area contributed by atoms with Crippen LogP contribution in [0.1, 0.15) is 24.8 Å². The fourth-order valence-corrected chi connectivity index (χ4v) is 3.15. The number of amides is 3. The number of hydrogen-bond acceptors (Lipinski definition) is 4. The van der Waals surface area contributed by atoms with Gasteiger partial charge in [0.1, 0.15) is 6.61 Å². The van der Waals surface area contributed by atoms with Crippen molar-refractivity contribution in [2.75, 3.05) is 24.6 Å². The second-order valence-corrected chi connectivity index (χ2v) is 6.25. The highest BCUT2D eigenvalue weighted by Gasteiger charge is 2.25. The normalized spacial score (nSPS) is 23.2. The molecule has 2 aliphatic rings. The highest BCUT2D eigenvalue weighted by Crippen LogP contribution is 2.24. The average Bonchev–Trinajstić information content (AvgIpc) is 3.20. The minimum Gasteiger partial charge on any atom is -0.447 e. The van der Waals surface area contributed by atoms with Gasteiger partial charge in [-0.1, -0.05) is 18.6 Å². The van der Waals surface area contributed by atoms with Crippen LogP contribution in [0.5, 0.6) is 0 Å². The van der Waals surface area contributed by atoms with Crippen LogP contribution in [-0.2, 0) is 11.3 Å². The molecule has 1 saturated heterocycles. The van der Waals surface area contributed by atoms with Crippen molar-refractivity contribution in [1.29, 1.82) is 0 Å². The molecule has 0 unspecified atom stereocenters. The summed E-state index contributed by atoms with van der Waals surface area (Å²) >= 11 is 0. The molecule has 3 rings (SSSR count). The van der Waals surface area contributed by atoms with E-state index in [2.05, 4.69) is 10.6 Å². The molecule has 130 valence electrons. The Morgan fingerprint density at radius 3 is 2.67 bits per heavy atom. The van der Waals surface area contributed by atoms with Gasteiger partial charge in [-0.15, -0.1) is 0 Å². The monoisotopic (exact) mass is 333 g/mol. The van der Waals surface area contributed by atoms with Gasteiger partial charge >= 0.3 is 12.1 Å². The number of hydrogen-bond donors (Lipinski definition) is 3. The molecule has 2 atom stereocenters. The van der Waals surface area contributed by atoms with Crippen molar-refractivity contribution in [2.24, 2.45) is 5.92 Å². The van der Waals surface area contributed by atoms with Crippen LogP contribution in [-0.4, -0.2) is 43.0 Å². The number of anilines is 1. The van der Waals surface area contributed by atoms with Gasteiger partial charge in [0.25, 0.3) is 0 Å². The minimum absolute atomic E-state index is 0.162. The topological polar surface area (TPSA) is 90.9 Å². The molecule has 1 saturated carbocycles. The van der Waals surface area contributed by atoms with E-state index in [0.29, 0.717) is 26.2 Å². The summed E-state index contributed by atoms with van der Waals surface area (Å²) in [4.78, 5) is 24.9.